The molecule has 0 spiro atoms. The second-order valence-corrected chi connectivity index (χ2v) is 5.01. The average Bonchev–Trinajstić information content (AvgIpc) is 2.57. The van der Waals surface area contributed by atoms with E-state index in [9.17, 15) is 4.79 Å². The fourth-order valence-electron chi connectivity index (χ4n) is 1.41. The van der Waals surface area contributed by atoms with E-state index in [0.717, 1.165) is 5.03 Å². The zero-order valence-corrected chi connectivity index (χ0v) is 10.2. The van der Waals surface area contributed by atoms with Crippen LogP contribution in [0.15, 0.2) is 40.3 Å². The molecule has 1 aliphatic rings. The third-order valence-electron chi connectivity index (χ3n) is 2.21. The first kappa shape index (κ1) is 10.6. The van der Waals surface area contributed by atoms with Gasteiger partial charge in [0, 0.05) is 18.0 Å². The van der Waals surface area contributed by atoms with E-state index in [1.165, 1.54) is 22.3 Å². The van der Waals surface area contributed by atoms with Gasteiger partial charge in [0.15, 0.2) is 0 Å². The first-order valence-electron chi connectivity index (χ1n) is 4.52. The normalized spacial score (nSPS) is 16.9. The molecule has 1 aromatic carbocycles. The molecule has 4 heteroatoms. The van der Waals surface area contributed by atoms with Crippen LogP contribution in [0.4, 0.5) is 5.69 Å². The van der Waals surface area contributed by atoms with E-state index in [1.807, 2.05) is 24.1 Å². The highest BCUT2D eigenvalue weighted by Gasteiger charge is 2.21. The summed E-state index contributed by atoms with van der Waals surface area (Å²) < 4.78 is 0. The summed E-state index contributed by atoms with van der Waals surface area (Å²) in [7, 11) is 1.98. The third-order valence-corrected chi connectivity index (χ3v) is 3.90. The predicted octanol–water partition coefficient (Wildman–Crippen LogP) is 2.96. The van der Waals surface area contributed by atoms with Gasteiger partial charge in [-0.1, -0.05) is 35.7 Å². The highest BCUT2D eigenvalue weighted by molar-refractivity contribution is 8.13. The Morgan fingerprint density at radius 1 is 1.47 bits per heavy atom. The van der Waals surface area contributed by atoms with Gasteiger partial charge in [-0.3, -0.25) is 4.79 Å². The highest BCUT2D eigenvalue weighted by Crippen LogP contribution is 2.44. The smallest absolute Gasteiger partial charge is 0.214 e. The van der Waals surface area contributed by atoms with Crippen molar-refractivity contribution < 1.29 is 4.79 Å². The molecule has 0 radical (unpaired) electrons. The molecular formula is C11H11NOS2. The van der Waals surface area contributed by atoms with Gasteiger partial charge in [0.05, 0.1) is 10.7 Å². The maximum absolute atomic E-state index is 11.3. The van der Waals surface area contributed by atoms with Gasteiger partial charge >= 0.3 is 0 Å². The van der Waals surface area contributed by atoms with E-state index in [4.69, 9.17) is 0 Å². The van der Waals surface area contributed by atoms with Crippen LogP contribution in [-0.4, -0.2) is 18.4 Å². The van der Waals surface area contributed by atoms with Crippen molar-refractivity contribution in [2.45, 2.75) is 4.90 Å². The van der Waals surface area contributed by atoms with E-state index in [2.05, 4.69) is 12.1 Å². The number of benzene rings is 1. The van der Waals surface area contributed by atoms with Gasteiger partial charge in [-0.25, -0.2) is 0 Å². The molecular weight excluding hydrogens is 226 g/mol. The average molecular weight is 237 g/mol. The molecule has 2 rings (SSSR count). The molecule has 0 saturated carbocycles. The number of carbonyl (C=O) groups excluding carboxylic acids is 1. The summed E-state index contributed by atoms with van der Waals surface area (Å²) in [5.41, 5.74) is 1.17. The molecule has 0 atom stereocenters. The number of nitrogens with zero attached hydrogens (tertiary/aromatic N) is 1. The number of para-hydroxylation sites is 1. The molecule has 0 bridgehead atoms. The van der Waals surface area contributed by atoms with Crippen LogP contribution in [0.25, 0.3) is 0 Å². The Labute approximate surface area is 97.7 Å². The SMILES string of the molecule is CSC(=O)C=C1Sc2ccccc2N1C. The summed E-state index contributed by atoms with van der Waals surface area (Å²) in [6.07, 6.45) is 3.49. The standard InChI is InChI=1S/C11H11NOS2/c1-12-8-5-3-4-6-9(8)15-10(12)7-11(13)14-2/h3-7H,1-2H3. The van der Waals surface area contributed by atoms with Gasteiger partial charge in [0.2, 0.25) is 5.12 Å². The largest absolute Gasteiger partial charge is 0.338 e. The second-order valence-electron chi connectivity index (χ2n) is 3.13. The van der Waals surface area contributed by atoms with Crippen LogP contribution in [0.5, 0.6) is 0 Å². The monoisotopic (exact) mass is 237 g/mol. The van der Waals surface area contributed by atoms with Gasteiger partial charge in [0.25, 0.3) is 0 Å². The summed E-state index contributed by atoms with van der Waals surface area (Å²) in [5.74, 6) is 0. The molecule has 78 valence electrons. The van der Waals surface area contributed by atoms with Crippen molar-refractivity contribution >= 4 is 34.3 Å². The lowest BCUT2D eigenvalue weighted by molar-refractivity contribution is -0.107. The molecule has 0 saturated heterocycles. The number of hydrogen-bond acceptors (Lipinski definition) is 4. The molecule has 1 aromatic rings. The minimum Gasteiger partial charge on any atom is -0.338 e. The Bertz CT molecular complexity index is 428. The molecule has 0 N–H and O–H groups in total. The van der Waals surface area contributed by atoms with E-state index in [1.54, 1.807) is 24.1 Å². The van der Waals surface area contributed by atoms with Crippen LogP contribution in [0.3, 0.4) is 0 Å². The number of rotatable bonds is 1. The third kappa shape index (κ3) is 2.06. The van der Waals surface area contributed by atoms with Crippen molar-refractivity contribution in [2.75, 3.05) is 18.2 Å². The van der Waals surface area contributed by atoms with Crippen LogP contribution < -0.4 is 4.90 Å². The first-order chi connectivity index (χ1) is 7.22. The molecule has 0 amide bonds. The van der Waals surface area contributed by atoms with Crippen LogP contribution in [0.2, 0.25) is 0 Å². The van der Waals surface area contributed by atoms with Gasteiger partial charge in [-0.05, 0) is 18.4 Å². The minimum absolute atomic E-state index is 0.0946. The molecule has 0 fully saturated rings. The maximum Gasteiger partial charge on any atom is 0.214 e. The summed E-state index contributed by atoms with van der Waals surface area (Å²) in [5, 5.41) is 1.09. The lowest BCUT2D eigenvalue weighted by atomic mass is 10.3. The molecule has 0 unspecified atom stereocenters. The van der Waals surface area contributed by atoms with E-state index in [-0.39, 0.29) is 5.12 Å². The Balaban J connectivity index is 2.31. The van der Waals surface area contributed by atoms with Crippen molar-refractivity contribution in [1.29, 1.82) is 0 Å². The fraction of sp³-hybridized carbons (Fsp3) is 0.182. The molecule has 1 heterocycles. The first-order valence-corrected chi connectivity index (χ1v) is 6.57. The zero-order chi connectivity index (χ0) is 10.8. The van der Waals surface area contributed by atoms with E-state index >= 15 is 0 Å². The minimum atomic E-state index is 0.0946. The molecule has 0 aliphatic carbocycles. The Kier molecular flexibility index (Phi) is 3.07. The molecule has 2 nitrogen and oxygen atoms in total. The molecule has 15 heavy (non-hydrogen) atoms. The number of anilines is 1. The zero-order valence-electron chi connectivity index (χ0n) is 8.56. The van der Waals surface area contributed by atoms with Gasteiger partial charge in [-0.2, -0.15) is 0 Å². The lowest BCUT2D eigenvalue weighted by Gasteiger charge is -2.12. The van der Waals surface area contributed by atoms with Gasteiger partial charge in [-0.15, -0.1) is 0 Å². The summed E-state index contributed by atoms with van der Waals surface area (Å²) in [6.45, 7) is 0. The summed E-state index contributed by atoms with van der Waals surface area (Å²) in [4.78, 5) is 14.6. The van der Waals surface area contributed by atoms with E-state index in [0.29, 0.717) is 0 Å². The summed E-state index contributed by atoms with van der Waals surface area (Å²) >= 11 is 2.88. The number of thioether (sulfide) groups is 2. The maximum atomic E-state index is 11.3. The Morgan fingerprint density at radius 3 is 2.87 bits per heavy atom. The molecule has 0 aromatic heterocycles. The van der Waals surface area contributed by atoms with Crippen LogP contribution >= 0.6 is 23.5 Å². The van der Waals surface area contributed by atoms with Crippen molar-refractivity contribution in [3.8, 4) is 0 Å². The van der Waals surface area contributed by atoms with Crippen LogP contribution in [-0.2, 0) is 4.79 Å². The highest BCUT2D eigenvalue weighted by atomic mass is 32.2. The second kappa shape index (κ2) is 4.33. The lowest BCUT2D eigenvalue weighted by Crippen LogP contribution is -2.10. The van der Waals surface area contributed by atoms with Crippen LogP contribution in [0.1, 0.15) is 0 Å². The van der Waals surface area contributed by atoms with Crippen molar-refractivity contribution in [1.82, 2.24) is 0 Å². The van der Waals surface area contributed by atoms with Crippen molar-refractivity contribution in [3.05, 3.63) is 35.4 Å². The quantitative estimate of drug-likeness (QED) is 0.699. The Morgan fingerprint density at radius 2 is 2.20 bits per heavy atom. The van der Waals surface area contributed by atoms with E-state index < -0.39 is 0 Å². The topological polar surface area (TPSA) is 20.3 Å². The van der Waals surface area contributed by atoms with Crippen molar-refractivity contribution in [2.24, 2.45) is 0 Å². The summed E-state index contributed by atoms with van der Waals surface area (Å²) in [6, 6.07) is 8.15. The number of carbonyl (C=O) groups is 1. The molecule has 1 aliphatic heterocycles. The van der Waals surface area contributed by atoms with Gasteiger partial charge < -0.3 is 4.90 Å². The number of hydrogen-bond donors (Lipinski definition) is 0. The predicted molar refractivity (Wildman–Crippen MR) is 67.3 cm³/mol. The fourth-order valence-corrected chi connectivity index (χ4v) is 2.79. The van der Waals surface area contributed by atoms with Crippen molar-refractivity contribution in [3.63, 3.8) is 0 Å². The van der Waals surface area contributed by atoms with Crippen LogP contribution in [0, 0.1) is 0 Å². The van der Waals surface area contributed by atoms with Gasteiger partial charge in [0.1, 0.15) is 0 Å². The Hall–Kier alpha value is -0.870. The number of fused-ring (bicyclic) bond motifs is 1.